The normalized spacial score (nSPS) is 11.6. The second-order valence-electron chi connectivity index (χ2n) is 5.27. The standard InChI is InChI=1S/C16H19N3S2/c1-4-5-6-7-20-16-14-13(17-9-18-16)12-10(2)8-11(3)19-15(12)21-14/h8-9H,4-7H2,1-3H3. The Hall–Kier alpha value is -1.20. The smallest absolute Gasteiger partial charge is 0.126 e. The van der Waals surface area contributed by atoms with Crippen molar-refractivity contribution >= 4 is 43.5 Å². The van der Waals surface area contributed by atoms with E-state index in [1.165, 1.54) is 34.9 Å². The molecule has 5 heteroatoms. The number of unbranched alkanes of at least 4 members (excludes halogenated alkanes) is 2. The Balaban J connectivity index is 2.05. The summed E-state index contributed by atoms with van der Waals surface area (Å²) in [5, 5.41) is 2.30. The van der Waals surface area contributed by atoms with E-state index < -0.39 is 0 Å². The van der Waals surface area contributed by atoms with Gasteiger partial charge in [-0.2, -0.15) is 0 Å². The van der Waals surface area contributed by atoms with Gasteiger partial charge >= 0.3 is 0 Å². The molecule has 0 radical (unpaired) electrons. The minimum atomic E-state index is 1.06. The molecule has 0 unspecified atom stereocenters. The summed E-state index contributed by atoms with van der Waals surface area (Å²) >= 11 is 3.57. The van der Waals surface area contributed by atoms with Crippen LogP contribution in [0.3, 0.4) is 0 Å². The van der Waals surface area contributed by atoms with Crippen LogP contribution in [0.2, 0.25) is 0 Å². The number of aromatic nitrogens is 3. The van der Waals surface area contributed by atoms with Gasteiger partial charge in [0.2, 0.25) is 0 Å². The quantitative estimate of drug-likeness (QED) is 0.371. The van der Waals surface area contributed by atoms with Gasteiger partial charge in [0.05, 0.1) is 10.2 Å². The molecule has 0 aliphatic rings. The molecule has 0 saturated heterocycles. The average Bonchev–Trinajstić information content (AvgIpc) is 2.82. The van der Waals surface area contributed by atoms with Gasteiger partial charge in [-0.3, -0.25) is 0 Å². The van der Waals surface area contributed by atoms with Crippen molar-refractivity contribution in [1.29, 1.82) is 0 Å². The van der Waals surface area contributed by atoms with Crippen LogP contribution in [0.4, 0.5) is 0 Å². The minimum absolute atomic E-state index is 1.06. The molecule has 3 aromatic heterocycles. The molecule has 0 atom stereocenters. The summed E-state index contributed by atoms with van der Waals surface area (Å²) in [7, 11) is 0. The molecule has 3 aromatic rings. The second kappa shape index (κ2) is 6.28. The fraction of sp³-hybridized carbons (Fsp3) is 0.438. The average molecular weight is 317 g/mol. The summed E-state index contributed by atoms with van der Waals surface area (Å²) in [6.07, 6.45) is 5.47. The van der Waals surface area contributed by atoms with E-state index in [0.717, 1.165) is 26.8 Å². The van der Waals surface area contributed by atoms with Gasteiger partial charge in [-0.1, -0.05) is 19.8 Å². The Morgan fingerprint density at radius 3 is 2.86 bits per heavy atom. The second-order valence-corrected chi connectivity index (χ2v) is 7.36. The zero-order chi connectivity index (χ0) is 14.8. The fourth-order valence-electron chi connectivity index (χ4n) is 2.51. The van der Waals surface area contributed by atoms with Gasteiger partial charge in [0.1, 0.15) is 16.2 Å². The van der Waals surface area contributed by atoms with E-state index in [1.807, 2.05) is 18.7 Å². The summed E-state index contributed by atoms with van der Waals surface area (Å²) in [6.45, 7) is 6.42. The van der Waals surface area contributed by atoms with Crippen LogP contribution in [0.5, 0.6) is 0 Å². The first-order valence-corrected chi connectivity index (χ1v) is 9.15. The predicted octanol–water partition coefficient (Wildman–Crippen LogP) is 5.14. The van der Waals surface area contributed by atoms with Crippen LogP contribution < -0.4 is 0 Å². The molecule has 0 aliphatic heterocycles. The first-order chi connectivity index (χ1) is 10.2. The van der Waals surface area contributed by atoms with E-state index in [-0.39, 0.29) is 0 Å². The van der Waals surface area contributed by atoms with Gasteiger partial charge in [0.15, 0.2) is 0 Å². The van der Waals surface area contributed by atoms with E-state index in [9.17, 15) is 0 Å². The lowest BCUT2D eigenvalue weighted by Crippen LogP contribution is -1.87. The number of thioether (sulfide) groups is 1. The highest BCUT2D eigenvalue weighted by atomic mass is 32.2. The molecule has 3 rings (SSSR count). The Morgan fingerprint density at radius 2 is 2.05 bits per heavy atom. The van der Waals surface area contributed by atoms with E-state index >= 15 is 0 Å². The molecule has 0 N–H and O–H groups in total. The molecular weight excluding hydrogens is 298 g/mol. The van der Waals surface area contributed by atoms with Crippen molar-refractivity contribution in [2.75, 3.05) is 5.75 Å². The Morgan fingerprint density at radius 1 is 1.19 bits per heavy atom. The lowest BCUT2D eigenvalue weighted by molar-refractivity contribution is 0.778. The lowest BCUT2D eigenvalue weighted by Gasteiger charge is -2.01. The zero-order valence-electron chi connectivity index (χ0n) is 12.6. The topological polar surface area (TPSA) is 38.7 Å². The summed E-state index contributed by atoms with van der Waals surface area (Å²) in [5.74, 6) is 1.12. The summed E-state index contributed by atoms with van der Waals surface area (Å²) in [5.41, 5.74) is 3.38. The highest BCUT2D eigenvalue weighted by Crippen LogP contribution is 2.38. The van der Waals surface area contributed by atoms with Crippen molar-refractivity contribution in [2.45, 2.75) is 45.1 Å². The fourth-order valence-corrected chi connectivity index (χ4v) is 4.84. The number of hydrogen-bond acceptors (Lipinski definition) is 5. The minimum Gasteiger partial charge on any atom is -0.242 e. The van der Waals surface area contributed by atoms with Gasteiger partial charge in [-0.25, -0.2) is 15.0 Å². The number of nitrogens with zero attached hydrogens (tertiary/aromatic N) is 3. The number of rotatable bonds is 5. The molecule has 3 heterocycles. The molecule has 3 nitrogen and oxygen atoms in total. The number of hydrogen-bond donors (Lipinski definition) is 0. The van der Waals surface area contributed by atoms with Gasteiger partial charge in [0.25, 0.3) is 0 Å². The van der Waals surface area contributed by atoms with Gasteiger partial charge in [-0.05, 0) is 37.7 Å². The van der Waals surface area contributed by atoms with E-state index in [0.29, 0.717) is 0 Å². The molecular formula is C16H19N3S2. The zero-order valence-corrected chi connectivity index (χ0v) is 14.3. The van der Waals surface area contributed by atoms with Crippen LogP contribution in [-0.2, 0) is 0 Å². The maximum absolute atomic E-state index is 4.67. The molecule has 0 aliphatic carbocycles. The molecule has 110 valence electrons. The Labute approximate surface area is 133 Å². The van der Waals surface area contributed by atoms with Crippen LogP contribution in [-0.4, -0.2) is 20.7 Å². The molecule has 21 heavy (non-hydrogen) atoms. The lowest BCUT2D eigenvalue weighted by atomic mass is 10.1. The number of fused-ring (bicyclic) bond motifs is 3. The highest BCUT2D eigenvalue weighted by Gasteiger charge is 2.14. The third-order valence-corrected chi connectivity index (χ3v) is 5.79. The third kappa shape index (κ3) is 2.90. The predicted molar refractivity (Wildman–Crippen MR) is 92.4 cm³/mol. The van der Waals surface area contributed by atoms with E-state index in [1.54, 1.807) is 17.7 Å². The van der Waals surface area contributed by atoms with Gasteiger partial charge in [-0.15, -0.1) is 23.1 Å². The molecule has 0 aromatic carbocycles. The molecule has 0 fully saturated rings. The highest BCUT2D eigenvalue weighted by molar-refractivity contribution is 7.99. The van der Waals surface area contributed by atoms with Gasteiger partial charge < -0.3 is 0 Å². The SMILES string of the molecule is CCCCCSc1ncnc2c1sc1nc(C)cc(C)c12. The summed E-state index contributed by atoms with van der Waals surface area (Å²) < 4.78 is 1.19. The van der Waals surface area contributed by atoms with Crippen LogP contribution in [0.15, 0.2) is 17.4 Å². The largest absolute Gasteiger partial charge is 0.242 e. The molecule has 0 amide bonds. The first-order valence-electron chi connectivity index (χ1n) is 7.35. The van der Waals surface area contributed by atoms with Gasteiger partial charge in [0, 0.05) is 11.1 Å². The summed E-state index contributed by atoms with van der Waals surface area (Å²) in [6, 6.07) is 2.13. The molecule has 0 saturated carbocycles. The number of aryl methyl sites for hydroxylation is 2. The van der Waals surface area contributed by atoms with Crippen LogP contribution in [0, 0.1) is 13.8 Å². The van der Waals surface area contributed by atoms with Crippen molar-refractivity contribution in [2.24, 2.45) is 0 Å². The van der Waals surface area contributed by atoms with Crippen LogP contribution >= 0.6 is 23.1 Å². The van der Waals surface area contributed by atoms with E-state index in [4.69, 9.17) is 0 Å². The van der Waals surface area contributed by atoms with Crippen molar-refractivity contribution in [3.63, 3.8) is 0 Å². The number of pyridine rings is 1. The third-order valence-electron chi connectivity index (χ3n) is 3.50. The van der Waals surface area contributed by atoms with Crippen molar-refractivity contribution < 1.29 is 0 Å². The monoisotopic (exact) mass is 317 g/mol. The maximum atomic E-state index is 4.67. The first kappa shape index (κ1) is 14.7. The van der Waals surface area contributed by atoms with E-state index in [2.05, 4.69) is 34.9 Å². The summed E-state index contributed by atoms with van der Waals surface area (Å²) in [4.78, 5) is 14.7. The van der Waals surface area contributed by atoms with Crippen LogP contribution in [0.1, 0.15) is 37.4 Å². The van der Waals surface area contributed by atoms with Crippen molar-refractivity contribution in [3.8, 4) is 0 Å². The molecule has 0 spiro atoms. The van der Waals surface area contributed by atoms with Crippen molar-refractivity contribution in [1.82, 2.24) is 15.0 Å². The van der Waals surface area contributed by atoms with Crippen LogP contribution in [0.25, 0.3) is 20.4 Å². The molecule has 0 bridgehead atoms. The van der Waals surface area contributed by atoms with Crippen molar-refractivity contribution in [3.05, 3.63) is 23.7 Å². The Bertz CT molecular complexity index is 780. The maximum Gasteiger partial charge on any atom is 0.126 e. The Kier molecular flexibility index (Phi) is 4.40. The number of thiophene rings is 1.